The predicted molar refractivity (Wildman–Crippen MR) is 236 cm³/mol. The molecule has 58 heavy (non-hydrogen) atoms. The lowest BCUT2D eigenvalue weighted by molar-refractivity contribution is 0.0989. The van der Waals surface area contributed by atoms with Crippen molar-refractivity contribution >= 4 is 50.9 Å². The van der Waals surface area contributed by atoms with Crippen molar-refractivity contribution in [1.82, 2.24) is 13.9 Å². The summed E-state index contributed by atoms with van der Waals surface area (Å²) in [5, 5.41) is 10.7. The van der Waals surface area contributed by atoms with Gasteiger partial charge in [-0.15, -0.1) is 0 Å². The molecule has 2 aliphatic carbocycles. The second-order valence-corrected chi connectivity index (χ2v) is 19.6. The first-order valence-electron chi connectivity index (χ1n) is 17.9. The first-order chi connectivity index (χ1) is 25.5. The number of amides is 2. The molecule has 2 aromatic carbocycles. The van der Waals surface area contributed by atoms with Crippen molar-refractivity contribution < 1.29 is 31.6 Å². The Morgan fingerprint density at radius 1 is 0.741 bits per heavy atom. The van der Waals surface area contributed by atoms with E-state index in [1.807, 2.05) is 59.4 Å². The van der Waals surface area contributed by atoms with Crippen LogP contribution in [-0.2, 0) is 48.9 Å². The number of ketones is 1. The first kappa shape index (κ1) is 51.7. The molecule has 0 aliphatic heterocycles. The molecule has 2 aliphatic rings. The van der Waals surface area contributed by atoms with Crippen LogP contribution in [0.15, 0.2) is 48.8 Å². The van der Waals surface area contributed by atoms with Crippen molar-refractivity contribution in [2.75, 3.05) is 10.6 Å². The molecule has 4 aromatic rings. The molecule has 0 saturated heterocycles. The first-order valence-corrected chi connectivity index (χ1v) is 20.2. The Labute approximate surface area is 349 Å². The lowest BCUT2D eigenvalue weighted by Gasteiger charge is -2.21. The number of hydrogen-bond acceptors (Lipinski definition) is 5. The molecule has 0 fully saturated rings. The zero-order valence-electron chi connectivity index (χ0n) is 33.1. The molecule has 6 rings (SSSR count). The highest BCUT2D eigenvalue weighted by atomic mass is 32.2. The predicted octanol–water partition coefficient (Wildman–Crippen LogP) is 8.93. The summed E-state index contributed by atoms with van der Waals surface area (Å²) in [5.74, 6) is -1.02. The lowest BCUT2D eigenvalue weighted by Crippen LogP contribution is -2.35. The summed E-state index contributed by atoms with van der Waals surface area (Å²) in [5.41, 5.74) is 6.60. The monoisotopic (exact) mass is 846 g/mol. The number of hydrogen-bond donors (Lipinski definition) is 4. The standard InChI is InChI=1S/C20H26FN3O2S.C16H15FN2O2.C4H11NOS.3CH4/c1-12-10-13(6-8-16(12)21)22-19(25)18-14-7-9-17(15(14)11-24(18)5)23-27(26)20(2,3)4;1-9-7-10(3-5-13(9)17)18-16(21)15-11-4-6-14(20)12(11)8-19(15)2;1-4(2,3)7(5)6;;;/h6,8,10-11,17,23H,7,9H2,1-5H3,(H,22,25);3,5,7-8H,4,6H2,1-2H3,(H,18,21);5H2,1-3H3;3*1H4/t17?,27-;;7-;;;/m1.1.../s1. The van der Waals surface area contributed by atoms with E-state index in [2.05, 4.69) is 15.4 Å². The summed E-state index contributed by atoms with van der Waals surface area (Å²) >= 11 is 0. The molecule has 15 heteroatoms. The third-order valence-electron chi connectivity index (χ3n) is 9.24. The zero-order chi connectivity index (χ0) is 41.2. The van der Waals surface area contributed by atoms with Gasteiger partial charge in [-0.2, -0.15) is 0 Å². The minimum Gasteiger partial charge on any atom is -0.346 e. The van der Waals surface area contributed by atoms with E-state index in [1.165, 1.54) is 18.2 Å². The number of anilines is 2. The van der Waals surface area contributed by atoms with E-state index in [4.69, 9.17) is 5.14 Å². The average molecular weight is 847 g/mol. The number of nitrogens with two attached hydrogens (primary N) is 1. The Balaban J connectivity index is 0.000000486. The Bertz CT molecular complexity index is 2160. The SMILES string of the molecule is C.C.C.CC(C)(C)[S@](N)=O.Cc1cc(NC(=O)c2c3c(cn2C)C(=O)CC3)ccc1F.Cc1cc(NC(=O)c2c3c(cn2C)C(N[S@](=O)C(C)(C)C)CC3)ccc1F. The number of nitrogens with one attached hydrogen (secondary N) is 3. The van der Waals surface area contributed by atoms with E-state index in [9.17, 15) is 31.6 Å². The van der Waals surface area contributed by atoms with Gasteiger partial charge < -0.3 is 19.8 Å². The number of halogens is 2. The van der Waals surface area contributed by atoms with Gasteiger partial charge in [0.1, 0.15) is 23.0 Å². The van der Waals surface area contributed by atoms with Crippen LogP contribution < -0.4 is 20.5 Å². The number of benzene rings is 2. The van der Waals surface area contributed by atoms with Crippen molar-refractivity contribution in [1.29, 1.82) is 0 Å². The molecule has 2 heterocycles. The highest BCUT2D eigenvalue weighted by Crippen LogP contribution is 2.36. The van der Waals surface area contributed by atoms with Crippen molar-refractivity contribution in [3.63, 3.8) is 0 Å². The van der Waals surface area contributed by atoms with Gasteiger partial charge in [0.25, 0.3) is 11.8 Å². The Kier molecular flexibility index (Phi) is 18.4. The Morgan fingerprint density at radius 3 is 1.62 bits per heavy atom. The molecular weight excluding hydrogens is 783 g/mol. The van der Waals surface area contributed by atoms with Crippen molar-refractivity contribution in [2.45, 2.75) is 119 Å². The molecule has 2 amide bonds. The number of carbonyl (C=O) groups is 3. The topological polar surface area (TPSA) is 157 Å². The zero-order valence-corrected chi connectivity index (χ0v) is 34.7. The van der Waals surface area contributed by atoms with E-state index < -0.39 is 22.0 Å². The van der Waals surface area contributed by atoms with Gasteiger partial charge in [0.05, 0.1) is 31.5 Å². The largest absolute Gasteiger partial charge is 0.346 e. The Hall–Kier alpha value is -4.31. The maximum absolute atomic E-state index is 13.4. The van der Waals surface area contributed by atoms with Gasteiger partial charge in [0, 0.05) is 55.9 Å². The van der Waals surface area contributed by atoms with Crippen LogP contribution in [0.25, 0.3) is 0 Å². The summed E-state index contributed by atoms with van der Waals surface area (Å²) in [6.07, 6.45) is 6.26. The number of rotatable bonds is 6. The lowest BCUT2D eigenvalue weighted by atomic mass is 10.1. The van der Waals surface area contributed by atoms with Crippen LogP contribution in [0.3, 0.4) is 0 Å². The number of carbonyl (C=O) groups excluding carboxylic acids is 3. The Morgan fingerprint density at radius 2 is 1.19 bits per heavy atom. The third-order valence-corrected chi connectivity index (χ3v) is 12.1. The second kappa shape index (κ2) is 20.6. The van der Waals surface area contributed by atoms with Crippen LogP contribution in [0.1, 0.15) is 142 Å². The molecule has 1 unspecified atom stereocenters. The number of aromatic nitrogens is 2. The maximum atomic E-state index is 13.4. The van der Waals surface area contributed by atoms with Gasteiger partial charge >= 0.3 is 0 Å². The van der Waals surface area contributed by atoms with Crippen LogP contribution >= 0.6 is 0 Å². The molecule has 0 saturated carbocycles. The van der Waals surface area contributed by atoms with Gasteiger partial charge in [0.2, 0.25) is 0 Å². The molecule has 3 atom stereocenters. The summed E-state index contributed by atoms with van der Waals surface area (Å²) in [6.45, 7) is 14.6. The van der Waals surface area contributed by atoms with Crippen molar-refractivity contribution in [2.24, 2.45) is 19.2 Å². The number of aryl methyl sites for hydroxylation is 4. The molecule has 0 radical (unpaired) electrons. The summed E-state index contributed by atoms with van der Waals surface area (Å²) in [4.78, 5) is 37.0. The third kappa shape index (κ3) is 12.4. The fraction of sp³-hybridized carbons (Fsp3) is 0.465. The molecule has 11 nitrogen and oxygen atoms in total. The number of Topliss-reactive ketones (excluding diaryl/α,β-unsaturated/α-hetero) is 1. The van der Waals surface area contributed by atoms with Gasteiger partial charge in [-0.3, -0.25) is 19.5 Å². The molecule has 322 valence electrons. The average Bonchev–Trinajstić information content (AvgIpc) is 3.81. The minimum atomic E-state index is -1.18. The molecule has 0 bridgehead atoms. The second-order valence-electron chi connectivity index (χ2n) is 15.8. The van der Waals surface area contributed by atoms with E-state index in [0.717, 1.165) is 29.5 Å². The smallest absolute Gasteiger partial charge is 0.272 e. The molecular formula is C43H64F2N6O5S2. The van der Waals surface area contributed by atoms with Gasteiger partial charge in [-0.25, -0.2) is 21.9 Å². The highest BCUT2D eigenvalue weighted by Gasteiger charge is 2.33. The summed E-state index contributed by atoms with van der Waals surface area (Å²) in [6, 6.07) is 8.93. The van der Waals surface area contributed by atoms with E-state index in [1.54, 1.807) is 49.9 Å². The van der Waals surface area contributed by atoms with Crippen LogP contribution in [0.5, 0.6) is 0 Å². The summed E-state index contributed by atoms with van der Waals surface area (Å²) in [7, 11) is 1.22. The van der Waals surface area contributed by atoms with Crippen LogP contribution in [0.4, 0.5) is 20.2 Å². The maximum Gasteiger partial charge on any atom is 0.272 e. The van der Waals surface area contributed by atoms with Crippen LogP contribution in [0.2, 0.25) is 0 Å². The highest BCUT2D eigenvalue weighted by molar-refractivity contribution is 7.84. The fourth-order valence-corrected chi connectivity index (χ4v) is 6.96. The number of fused-ring (bicyclic) bond motifs is 2. The van der Waals surface area contributed by atoms with Gasteiger partial charge in [-0.05, 0) is 139 Å². The van der Waals surface area contributed by atoms with Gasteiger partial charge in [-0.1, -0.05) is 22.3 Å². The van der Waals surface area contributed by atoms with Crippen molar-refractivity contribution in [3.05, 3.63) is 105 Å². The van der Waals surface area contributed by atoms with E-state index in [0.29, 0.717) is 52.3 Å². The van der Waals surface area contributed by atoms with E-state index in [-0.39, 0.29) is 67.0 Å². The van der Waals surface area contributed by atoms with Crippen LogP contribution in [0, 0.1) is 25.5 Å². The van der Waals surface area contributed by atoms with Crippen molar-refractivity contribution in [3.8, 4) is 0 Å². The van der Waals surface area contributed by atoms with E-state index >= 15 is 0 Å². The normalized spacial score (nSPS) is 15.1. The van der Waals surface area contributed by atoms with Crippen LogP contribution in [-0.4, -0.2) is 44.6 Å². The molecule has 2 aromatic heterocycles. The molecule has 5 N–H and O–H groups in total. The summed E-state index contributed by atoms with van der Waals surface area (Å²) < 4.78 is 55.6. The number of nitrogens with zero attached hydrogens (tertiary/aromatic N) is 2. The van der Waals surface area contributed by atoms with Gasteiger partial charge in [0.15, 0.2) is 5.78 Å². The molecule has 0 spiro atoms. The fourth-order valence-electron chi connectivity index (χ4n) is 6.10. The minimum absolute atomic E-state index is 0. The quantitative estimate of drug-likeness (QED) is 0.152.